The summed E-state index contributed by atoms with van der Waals surface area (Å²) in [6.07, 6.45) is 0.257. The van der Waals surface area contributed by atoms with E-state index in [-0.39, 0.29) is 18.7 Å². The van der Waals surface area contributed by atoms with Gasteiger partial charge >= 0.3 is 5.97 Å². The van der Waals surface area contributed by atoms with Gasteiger partial charge in [0.1, 0.15) is 6.04 Å². The molecule has 2 N–H and O–H groups in total. The van der Waals surface area contributed by atoms with Crippen LogP contribution in [-0.4, -0.2) is 23.0 Å². The Morgan fingerprint density at radius 2 is 1.11 bits per heavy atom. The maximum absolute atomic E-state index is 13.7. The van der Waals surface area contributed by atoms with Crippen molar-refractivity contribution in [2.24, 2.45) is 0 Å². The van der Waals surface area contributed by atoms with E-state index >= 15 is 0 Å². The Balaban J connectivity index is 1.49. The number of aliphatic carboxylic acids is 1. The van der Waals surface area contributed by atoms with Crippen LogP contribution in [0.3, 0.4) is 0 Å². The Labute approximate surface area is 222 Å². The van der Waals surface area contributed by atoms with Gasteiger partial charge in [-0.05, 0) is 33.0 Å². The normalized spacial score (nSPS) is 12.1. The summed E-state index contributed by atoms with van der Waals surface area (Å²) in [6, 6.07) is 42.6. The number of fused-ring (bicyclic) bond motifs is 1. The highest BCUT2D eigenvalue weighted by Crippen LogP contribution is 2.42. The van der Waals surface area contributed by atoms with Crippen molar-refractivity contribution in [1.29, 1.82) is 0 Å². The molecule has 4 heteroatoms. The van der Waals surface area contributed by atoms with Gasteiger partial charge in [0, 0.05) is 12.8 Å². The first kappa shape index (κ1) is 25.0. The van der Waals surface area contributed by atoms with E-state index in [1.54, 1.807) is 0 Å². The fourth-order valence-corrected chi connectivity index (χ4v) is 5.26. The summed E-state index contributed by atoms with van der Waals surface area (Å²) in [5.41, 5.74) is 2.97. The lowest BCUT2D eigenvalue weighted by atomic mass is 9.67. The van der Waals surface area contributed by atoms with Crippen molar-refractivity contribution < 1.29 is 14.7 Å². The van der Waals surface area contributed by atoms with Gasteiger partial charge in [-0.2, -0.15) is 0 Å². The Hall–Kier alpha value is -4.70. The van der Waals surface area contributed by atoms with Crippen LogP contribution >= 0.6 is 0 Å². The standard InChI is InChI=1S/C34H29NO3/c36-32(35-31(33(37)38)23-25-20-21-26-12-10-11-13-27(26)22-25)24-34(28-14-4-1-5-15-28,29-16-6-2-7-17-29)30-18-8-3-9-19-30/h1-22,31H,23-24H2,(H,35,36)(H,37,38)/t31-/m1/s1. The predicted molar refractivity (Wildman–Crippen MR) is 151 cm³/mol. The fraction of sp³-hybridized carbons (Fsp3) is 0.118. The number of carbonyl (C=O) groups excluding carboxylic acids is 1. The van der Waals surface area contributed by atoms with Crippen molar-refractivity contribution in [3.05, 3.63) is 156 Å². The number of amides is 1. The van der Waals surface area contributed by atoms with Gasteiger partial charge in [-0.15, -0.1) is 0 Å². The molecule has 0 aromatic heterocycles. The number of rotatable bonds is 9. The zero-order chi connectivity index (χ0) is 26.4. The molecule has 1 amide bonds. The average molecular weight is 500 g/mol. The van der Waals surface area contributed by atoms with E-state index in [0.29, 0.717) is 0 Å². The first-order valence-corrected chi connectivity index (χ1v) is 12.7. The van der Waals surface area contributed by atoms with Gasteiger partial charge in [-0.3, -0.25) is 4.79 Å². The summed E-state index contributed by atoms with van der Waals surface area (Å²) in [7, 11) is 0. The molecule has 0 saturated carbocycles. The number of hydrogen-bond donors (Lipinski definition) is 2. The third-order valence-corrected chi connectivity index (χ3v) is 7.11. The summed E-state index contributed by atoms with van der Waals surface area (Å²) in [5, 5.41) is 15.0. The highest BCUT2D eigenvalue weighted by Gasteiger charge is 2.39. The quantitative estimate of drug-likeness (QED) is 0.231. The van der Waals surface area contributed by atoms with Gasteiger partial charge in [0.25, 0.3) is 0 Å². The van der Waals surface area contributed by atoms with Crippen LogP contribution in [0.1, 0.15) is 28.7 Å². The molecule has 4 nitrogen and oxygen atoms in total. The molecule has 5 aromatic rings. The van der Waals surface area contributed by atoms with E-state index in [1.807, 2.05) is 133 Å². The highest BCUT2D eigenvalue weighted by atomic mass is 16.4. The van der Waals surface area contributed by atoms with Crippen molar-refractivity contribution in [2.45, 2.75) is 24.3 Å². The molecule has 5 aromatic carbocycles. The van der Waals surface area contributed by atoms with Gasteiger partial charge < -0.3 is 10.4 Å². The second kappa shape index (κ2) is 11.1. The maximum atomic E-state index is 13.7. The van der Waals surface area contributed by atoms with E-state index in [0.717, 1.165) is 33.0 Å². The molecule has 0 unspecified atom stereocenters. The van der Waals surface area contributed by atoms with Crippen LogP contribution in [0.15, 0.2) is 133 Å². The Morgan fingerprint density at radius 1 is 0.632 bits per heavy atom. The monoisotopic (exact) mass is 499 g/mol. The van der Waals surface area contributed by atoms with Gasteiger partial charge in [0.2, 0.25) is 5.91 Å². The van der Waals surface area contributed by atoms with Gasteiger partial charge in [-0.1, -0.05) is 133 Å². The minimum Gasteiger partial charge on any atom is -0.480 e. The fourth-order valence-electron chi connectivity index (χ4n) is 5.26. The van der Waals surface area contributed by atoms with Crippen LogP contribution in [0.2, 0.25) is 0 Å². The molecule has 0 fully saturated rings. The highest BCUT2D eigenvalue weighted by molar-refractivity contribution is 5.86. The predicted octanol–water partition coefficient (Wildman–Crippen LogP) is 6.38. The lowest BCUT2D eigenvalue weighted by Crippen LogP contribution is -2.45. The average Bonchev–Trinajstić information content (AvgIpc) is 2.97. The first-order valence-electron chi connectivity index (χ1n) is 12.7. The van der Waals surface area contributed by atoms with Gasteiger partial charge in [-0.25, -0.2) is 4.79 Å². The third kappa shape index (κ3) is 5.21. The Bertz CT molecular complexity index is 1440. The number of hydrogen-bond acceptors (Lipinski definition) is 2. The van der Waals surface area contributed by atoms with Crippen LogP contribution in [0.4, 0.5) is 0 Å². The molecule has 1 atom stereocenters. The maximum Gasteiger partial charge on any atom is 0.326 e. The molecule has 0 aliphatic heterocycles. The summed E-state index contributed by atoms with van der Waals surface area (Å²) < 4.78 is 0. The molecule has 38 heavy (non-hydrogen) atoms. The summed E-state index contributed by atoms with van der Waals surface area (Å²) in [4.78, 5) is 26.0. The Morgan fingerprint density at radius 3 is 1.61 bits per heavy atom. The van der Waals surface area contributed by atoms with Crippen LogP contribution in [-0.2, 0) is 21.4 Å². The Kier molecular flexibility index (Phi) is 7.32. The van der Waals surface area contributed by atoms with Crippen LogP contribution < -0.4 is 5.32 Å². The molecule has 188 valence electrons. The second-order valence-corrected chi connectivity index (χ2v) is 9.52. The number of benzene rings is 5. The third-order valence-electron chi connectivity index (χ3n) is 7.11. The van der Waals surface area contributed by atoms with E-state index < -0.39 is 17.4 Å². The SMILES string of the molecule is O=C(CC(c1ccccc1)(c1ccccc1)c1ccccc1)N[C@H](Cc1ccc2ccccc2c1)C(=O)O. The summed E-state index contributed by atoms with van der Waals surface area (Å²) in [6.45, 7) is 0. The molecule has 0 aliphatic carbocycles. The molecular weight excluding hydrogens is 470 g/mol. The topological polar surface area (TPSA) is 66.4 Å². The van der Waals surface area contributed by atoms with Crippen LogP contribution in [0, 0.1) is 0 Å². The zero-order valence-electron chi connectivity index (χ0n) is 21.0. The van der Waals surface area contributed by atoms with E-state index in [1.165, 1.54) is 0 Å². The minimum absolute atomic E-state index is 0.0620. The number of nitrogens with one attached hydrogen (secondary N) is 1. The number of carboxylic acid groups (broad SMARTS) is 1. The minimum atomic E-state index is -1.06. The van der Waals surface area contributed by atoms with E-state index in [4.69, 9.17) is 0 Å². The zero-order valence-corrected chi connectivity index (χ0v) is 21.0. The largest absolute Gasteiger partial charge is 0.480 e. The molecule has 5 rings (SSSR count). The van der Waals surface area contributed by atoms with Gasteiger partial charge in [0.05, 0.1) is 5.41 Å². The molecule has 0 radical (unpaired) electrons. The molecule has 0 spiro atoms. The lowest BCUT2D eigenvalue weighted by Gasteiger charge is -2.36. The first-order chi connectivity index (χ1) is 18.6. The van der Waals surface area contributed by atoms with Crippen molar-refractivity contribution in [3.63, 3.8) is 0 Å². The molecule has 0 aliphatic rings. The van der Waals surface area contributed by atoms with Crippen LogP contribution in [0.5, 0.6) is 0 Å². The van der Waals surface area contributed by atoms with Crippen molar-refractivity contribution in [1.82, 2.24) is 5.32 Å². The lowest BCUT2D eigenvalue weighted by molar-refractivity contribution is -0.141. The molecule has 0 saturated heterocycles. The van der Waals surface area contributed by atoms with Crippen molar-refractivity contribution in [3.8, 4) is 0 Å². The van der Waals surface area contributed by atoms with Crippen molar-refractivity contribution >= 4 is 22.6 Å². The molecular formula is C34H29NO3. The number of carboxylic acids is 1. The van der Waals surface area contributed by atoms with E-state index in [9.17, 15) is 14.7 Å². The second-order valence-electron chi connectivity index (χ2n) is 9.52. The molecule has 0 bridgehead atoms. The smallest absolute Gasteiger partial charge is 0.326 e. The van der Waals surface area contributed by atoms with Gasteiger partial charge in [0.15, 0.2) is 0 Å². The summed E-state index contributed by atoms with van der Waals surface area (Å²) >= 11 is 0. The summed E-state index contributed by atoms with van der Waals surface area (Å²) in [5.74, 6) is -1.38. The van der Waals surface area contributed by atoms with E-state index in [2.05, 4.69) is 5.32 Å². The van der Waals surface area contributed by atoms with Crippen LogP contribution in [0.25, 0.3) is 10.8 Å². The van der Waals surface area contributed by atoms with Crippen molar-refractivity contribution in [2.75, 3.05) is 0 Å². The number of carbonyl (C=O) groups is 2. The molecule has 0 heterocycles.